The average Bonchev–Trinajstić information content (AvgIpc) is 3.30. The Morgan fingerprint density at radius 3 is 2.60 bits per heavy atom. The molecule has 1 saturated carbocycles. The third-order valence-electron chi connectivity index (χ3n) is 10.5. The fourth-order valence-electron chi connectivity index (χ4n) is 8.13. The van der Waals surface area contributed by atoms with Crippen LogP contribution in [0.3, 0.4) is 0 Å². The van der Waals surface area contributed by atoms with Gasteiger partial charge in [-0.2, -0.15) is 0 Å². The summed E-state index contributed by atoms with van der Waals surface area (Å²) in [6.45, 7) is 9.96. The lowest BCUT2D eigenvalue weighted by Crippen LogP contribution is -2.58. The standard InChI is InChI=1S/C33H38N2O5/c1-17-9-8-11-23-30-32(5,40-30)20(4)27-28(19(3)22-16-34-24-12-7-6-10-21(22)24)35-31(39)33(23,27)26(37)14-13-25(36)29(38)18(2)15-17/h6-8,10-12,15-17,19-20,23,27-28,30,34H,9,13-14H2,1-5H3,(H,35,39)/b11-8+,18-15+/t17-,19?,20-,23-,27-,28-,30-,32+,33+/m0/s1. The van der Waals surface area contributed by atoms with Gasteiger partial charge < -0.3 is 15.0 Å². The van der Waals surface area contributed by atoms with Crippen molar-refractivity contribution < 1.29 is 23.9 Å². The van der Waals surface area contributed by atoms with E-state index in [2.05, 4.69) is 37.1 Å². The molecule has 2 aliphatic carbocycles. The molecule has 2 aromatic rings. The molecule has 1 aromatic carbocycles. The lowest BCUT2D eigenvalue weighted by molar-refractivity contribution is -0.149. The van der Waals surface area contributed by atoms with Crippen LogP contribution < -0.4 is 5.32 Å². The van der Waals surface area contributed by atoms with Gasteiger partial charge in [-0.25, -0.2) is 0 Å². The van der Waals surface area contributed by atoms with Gasteiger partial charge in [0.2, 0.25) is 17.5 Å². The van der Waals surface area contributed by atoms with Crippen molar-refractivity contribution in [3.63, 3.8) is 0 Å². The highest BCUT2D eigenvalue weighted by atomic mass is 16.6. The number of carbonyl (C=O) groups is 4. The second-order valence-electron chi connectivity index (χ2n) is 12.7. The first-order valence-corrected chi connectivity index (χ1v) is 14.5. The smallest absolute Gasteiger partial charge is 0.235 e. The predicted molar refractivity (Wildman–Crippen MR) is 151 cm³/mol. The first-order chi connectivity index (χ1) is 19.0. The molecule has 1 spiro atoms. The highest BCUT2D eigenvalue weighted by Crippen LogP contribution is 2.67. The Balaban J connectivity index is 1.46. The number of hydrogen-bond donors (Lipinski definition) is 2. The number of aromatic nitrogens is 1. The van der Waals surface area contributed by atoms with Crippen LogP contribution >= 0.6 is 0 Å². The summed E-state index contributed by atoms with van der Waals surface area (Å²) < 4.78 is 6.37. The molecule has 4 aliphatic rings. The van der Waals surface area contributed by atoms with Crippen LogP contribution in [0.1, 0.15) is 65.4 Å². The lowest BCUT2D eigenvalue weighted by Gasteiger charge is -2.46. The molecule has 3 heterocycles. The largest absolute Gasteiger partial charge is 0.365 e. The third-order valence-corrected chi connectivity index (χ3v) is 10.5. The summed E-state index contributed by atoms with van der Waals surface area (Å²) in [6.07, 6.45) is 7.89. The van der Waals surface area contributed by atoms with E-state index in [1.165, 1.54) is 0 Å². The van der Waals surface area contributed by atoms with Gasteiger partial charge in [-0.1, -0.05) is 57.2 Å². The van der Waals surface area contributed by atoms with Crippen LogP contribution in [0.5, 0.6) is 0 Å². The second-order valence-corrected chi connectivity index (χ2v) is 12.7. The van der Waals surface area contributed by atoms with E-state index in [4.69, 9.17) is 4.74 Å². The molecule has 3 fully saturated rings. The van der Waals surface area contributed by atoms with Crippen molar-refractivity contribution >= 4 is 34.2 Å². The number of epoxide rings is 1. The average molecular weight is 543 g/mol. The maximum atomic E-state index is 14.4. The molecule has 7 heteroatoms. The van der Waals surface area contributed by atoms with Crippen LogP contribution in [0, 0.1) is 29.1 Å². The van der Waals surface area contributed by atoms with Gasteiger partial charge in [0.15, 0.2) is 0 Å². The number of benzene rings is 1. The minimum atomic E-state index is -1.37. The lowest BCUT2D eigenvalue weighted by atomic mass is 9.50. The second kappa shape index (κ2) is 9.37. The zero-order valence-electron chi connectivity index (χ0n) is 23.8. The first-order valence-electron chi connectivity index (χ1n) is 14.5. The van der Waals surface area contributed by atoms with Gasteiger partial charge in [0.05, 0.1) is 11.7 Å². The quantitative estimate of drug-likeness (QED) is 0.245. The van der Waals surface area contributed by atoms with E-state index < -0.39 is 28.5 Å². The van der Waals surface area contributed by atoms with Crippen LogP contribution in [0.15, 0.2) is 54.3 Å². The summed E-state index contributed by atoms with van der Waals surface area (Å²) in [5, 5.41) is 4.39. The number of hydrogen-bond acceptors (Lipinski definition) is 5. The highest BCUT2D eigenvalue weighted by Gasteiger charge is 2.78. The highest BCUT2D eigenvalue weighted by molar-refractivity contribution is 6.43. The molecule has 7 nitrogen and oxygen atoms in total. The van der Waals surface area contributed by atoms with Gasteiger partial charge in [-0.15, -0.1) is 0 Å². The monoisotopic (exact) mass is 542 g/mol. The Hall–Kier alpha value is -3.32. The molecule has 0 radical (unpaired) electrons. The molecule has 2 saturated heterocycles. The van der Waals surface area contributed by atoms with Crippen LogP contribution in [0.25, 0.3) is 10.9 Å². The Labute approximate surface area is 234 Å². The molecular formula is C33H38N2O5. The minimum absolute atomic E-state index is 0.0252. The topological polar surface area (TPSA) is 109 Å². The van der Waals surface area contributed by atoms with E-state index in [-0.39, 0.29) is 60.3 Å². The molecule has 6 rings (SSSR count). The molecule has 1 amide bonds. The molecule has 1 unspecified atom stereocenters. The number of carbonyl (C=O) groups excluding carboxylic acids is 4. The maximum Gasteiger partial charge on any atom is 0.235 e. The number of ether oxygens (including phenoxy) is 1. The van der Waals surface area contributed by atoms with E-state index in [0.717, 1.165) is 16.5 Å². The SMILES string of the molecule is C/C1=C\[C@@H](C)C/C=C/[C@H]2[C@@H]3O[C@]3(C)[C@@H](C)[C@H]3[C@H](C(C)c4c[nH]c5ccccc45)NC(=O)[C@]32C(=O)CCC(=O)C1=O. The Morgan fingerprint density at radius 2 is 1.82 bits per heavy atom. The summed E-state index contributed by atoms with van der Waals surface area (Å²) in [5.74, 6) is -2.61. The number of amides is 1. The van der Waals surface area contributed by atoms with Crippen molar-refractivity contribution in [2.45, 2.75) is 77.5 Å². The number of ketones is 3. The van der Waals surface area contributed by atoms with Gasteiger partial charge in [0.1, 0.15) is 11.2 Å². The molecule has 2 N–H and O–H groups in total. The maximum absolute atomic E-state index is 14.4. The van der Waals surface area contributed by atoms with Gasteiger partial charge >= 0.3 is 0 Å². The Morgan fingerprint density at radius 1 is 1.07 bits per heavy atom. The van der Waals surface area contributed by atoms with Crippen LogP contribution in [-0.2, 0) is 23.9 Å². The summed E-state index contributed by atoms with van der Waals surface area (Å²) in [6, 6.07) is 7.79. The van der Waals surface area contributed by atoms with Crippen molar-refractivity contribution in [1.82, 2.24) is 10.3 Å². The summed E-state index contributed by atoms with van der Waals surface area (Å²) in [4.78, 5) is 57.7. The molecule has 0 bridgehead atoms. The van der Waals surface area contributed by atoms with E-state index in [1.807, 2.05) is 49.5 Å². The number of nitrogens with one attached hydrogen (secondary N) is 2. The van der Waals surface area contributed by atoms with Crippen molar-refractivity contribution in [1.29, 1.82) is 0 Å². The van der Waals surface area contributed by atoms with Crippen molar-refractivity contribution in [3.05, 3.63) is 59.8 Å². The minimum Gasteiger partial charge on any atom is -0.365 e. The van der Waals surface area contributed by atoms with Crippen molar-refractivity contribution in [2.75, 3.05) is 0 Å². The summed E-state index contributed by atoms with van der Waals surface area (Å²) >= 11 is 0. The fraction of sp³-hybridized carbons (Fsp3) is 0.515. The van der Waals surface area contributed by atoms with E-state index in [0.29, 0.717) is 12.0 Å². The molecule has 2 aliphatic heterocycles. The van der Waals surface area contributed by atoms with Crippen LogP contribution in [0.2, 0.25) is 0 Å². The Kier molecular flexibility index (Phi) is 6.30. The van der Waals surface area contributed by atoms with Gasteiger partial charge in [0.25, 0.3) is 0 Å². The Bertz CT molecular complexity index is 1480. The van der Waals surface area contributed by atoms with E-state index in [9.17, 15) is 19.2 Å². The third kappa shape index (κ3) is 3.73. The van der Waals surface area contributed by atoms with Gasteiger partial charge in [0, 0.05) is 53.7 Å². The zero-order valence-corrected chi connectivity index (χ0v) is 23.8. The van der Waals surface area contributed by atoms with E-state index in [1.54, 1.807) is 6.92 Å². The van der Waals surface area contributed by atoms with Gasteiger partial charge in [-0.3, -0.25) is 19.2 Å². The number of allylic oxidation sites excluding steroid dienone is 3. The number of fused-ring (bicyclic) bond motifs is 3. The predicted octanol–water partition coefficient (Wildman–Crippen LogP) is 4.83. The first kappa shape index (κ1) is 26.9. The van der Waals surface area contributed by atoms with Crippen LogP contribution in [0.4, 0.5) is 0 Å². The number of para-hydroxylation sites is 1. The van der Waals surface area contributed by atoms with Crippen molar-refractivity contribution in [3.8, 4) is 0 Å². The molecule has 40 heavy (non-hydrogen) atoms. The molecular weight excluding hydrogens is 504 g/mol. The zero-order chi connectivity index (χ0) is 28.6. The number of aromatic amines is 1. The van der Waals surface area contributed by atoms with Crippen molar-refractivity contribution in [2.24, 2.45) is 29.1 Å². The number of Topliss-reactive ketones (excluding diaryl/α,β-unsaturated/α-hetero) is 3. The molecule has 9 atom stereocenters. The summed E-state index contributed by atoms with van der Waals surface area (Å²) in [5.41, 5.74) is 0.705. The normalized spacial score (nSPS) is 40.9. The molecule has 210 valence electrons. The molecule has 1 aromatic heterocycles. The fourth-order valence-corrected chi connectivity index (χ4v) is 8.13. The number of H-pyrrole nitrogens is 1. The van der Waals surface area contributed by atoms with E-state index >= 15 is 0 Å². The van der Waals surface area contributed by atoms with Crippen LogP contribution in [-0.4, -0.2) is 46.0 Å². The summed E-state index contributed by atoms with van der Waals surface area (Å²) in [7, 11) is 0. The van der Waals surface area contributed by atoms with Gasteiger partial charge in [-0.05, 0) is 49.3 Å². The number of rotatable bonds is 2.